The zero-order valence-electron chi connectivity index (χ0n) is 14.8. The number of alkyl halides is 3. The maximum atomic E-state index is 10.6. The largest absolute Gasteiger partial charge is 0.490 e. The number of fused-ring (bicyclic) bond motifs is 1. The zero-order valence-corrected chi connectivity index (χ0v) is 15.7. The van der Waals surface area contributed by atoms with Crippen LogP contribution >= 0.6 is 11.3 Å². The van der Waals surface area contributed by atoms with Crippen LogP contribution in [0.4, 0.5) is 13.2 Å². The summed E-state index contributed by atoms with van der Waals surface area (Å²) in [6.07, 6.45) is -2.38. The minimum Gasteiger partial charge on any atom is -0.475 e. The van der Waals surface area contributed by atoms with Gasteiger partial charge in [0.1, 0.15) is 0 Å². The van der Waals surface area contributed by atoms with E-state index in [0.29, 0.717) is 6.10 Å². The Balaban J connectivity index is 0.000000298. The Kier molecular flexibility index (Phi) is 7.06. The quantitative estimate of drug-likeness (QED) is 0.848. The highest BCUT2D eigenvalue weighted by Gasteiger charge is 2.47. The van der Waals surface area contributed by atoms with Gasteiger partial charge in [0.2, 0.25) is 0 Å². The monoisotopic (exact) mass is 395 g/mol. The molecule has 2 fully saturated rings. The number of carboxylic acids is 1. The molecule has 9 heteroatoms. The fourth-order valence-corrected chi connectivity index (χ4v) is 4.49. The van der Waals surface area contributed by atoms with Crippen molar-refractivity contribution in [2.24, 2.45) is 5.41 Å². The molecule has 5 nitrogen and oxygen atoms in total. The second-order valence-electron chi connectivity index (χ2n) is 6.72. The number of carbonyl (C=O) groups is 1. The van der Waals surface area contributed by atoms with E-state index >= 15 is 0 Å². The summed E-state index contributed by atoms with van der Waals surface area (Å²) in [5.41, 5.74) is 0.235. The van der Waals surface area contributed by atoms with Crippen molar-refractivity contribution in [1.29, 1.82) is 0 Å². The Labute approximate surface area is 154 Å². The van der Waals surface area contributed by atoms with Gasteiger partial charge in [-0.05, 0) is 31.9 Å². The van der Waals surface area contributed by atoms with Gasteiger partial charge in [-0.25, -0.2) is 4.79 Å². The lowest BCUT2D eigenvalue weighted by atomic mass is 9.77. The third kappa shape index (κ3) is 5.42. The van der Waals surface area contributed by atoms with Crippen LogP contribution in [0.1, 0.15) is 22.6 Å². The van der Waals surface area contributed by atoms with Crippen LogP contribution in [0.25, 0.3) is 0 Å². The van der Waals surface area contributed by atoms with Crippen molar-refractivity contribution in [3.63, 3.8) is 0 Å². The standard InChI is InChI=1S/C15H23NO2S.C2HF3O2/c1-12-3-4-13(19-12)9-16-7-5-14-15(10-16,11-17-2)6-8-18-14;3-2(4,5)1(6)7/h3-4,14H,5-11H2,1-2H3;(H,6,7)/t14-,15+;/m1./s1. The van der Waals surface area contributed by atoms with E-state index in [-0.39, 0.29) is 5.41 Å². The fraction of sp³-hybridized carbons (Fsp3) is 0.706. The maximum absolute atomic E-state index is 10.6. The van der Waals surface area contributed by atoms with E-state index in [1.165, 1.54) is 9.75 Å². The second kappa shape index (κ2) is 8.69. The lowest BCUT2D eigenvalue weighted by Gasteiger charge is -2.43. The fourth-order valence-electron chi connectivity index (χ4n) is 3.56. The molecule has 1 aromatic rings. The topological polar surface area (TPSA) is 59.0 Å². The van der Waals surface area contributed by atoms with E-state index in [1.807, 2.05) is 18.4 Å². The molecule has 0 radical (unpaired) electrons. The van der Waals surface area contributed by atoms with Gasteiger partial charge in [0.15, 0.2) is 0 Å². The highest BCUT2D eigenvalue weighted by atomic mass is 32.1. The van der Waals surface area contributed by atoms with E-state index in [9.17, 15) is 13.2 Å². The molecule has 0 unspecified atom stereocenters. The number of halogens is 3. The molecule has 0 aliphatic carbocycles. The molecule has 0 aromatic carbocycles. The third-order valence-electron chi connectivity index (χ3n) is 4.70. The number of carboxylic acid groups (broad SMARTS) is 1. The van der Waals surface area contributed by atoms with Gasteiger partial charge >= 0.3 is 12.1 Å². The molecule has 0 bridgehead atoms. The van der Waals surface area contributed by atoms with Gasteiger partial charge in [-0.1, -0.05) is 0 Å². The van der Waals surface area contributed by atoms with Gasteiger partial charge < -0.3 is 14.6 Å². The van der Waals surface area contributed by atoms with Crippen molar-refractivity contribution in [3.8, 4) is 0 Å². The SMILES string of the molecule is COC[C@@]12CCO[C@@H]1CCN(Cc1ccc(C)s1)C2.O=C(O)C(F)(F)F. The Hall–Kier alpha value is -1.16. The number of thiophene rings is 1. The van der Waals surface area contributed by atoms with Crippen molar-refractivity contribution in [2.75, 3.05) is 33.4 Å². The van der Waals surface area contributed by atoms with Crippen molar-refractivity contribution in [2.45, 2.75) is 38.6 Å². The van der Waals surface area contributed by atoms with Crippen molar-refractivity contribution >= 4 is 17.3 Å². The Morgan fingerprint density at radius 2 is 2.19 bits per heavy atom. The summed E-state index contributed by atoms with van der Waals surface area (Å²) < 4.78 is 43.1. The molecule has 148 valence electrons. The molecule has 1 aromatic heterocycles. The molecular weight excluding hydrogens is 371 g/mol. The average molecular weight is 395 g/mol. The van der Waals surface area contributed by atoms with Crippen LogP contribution < -0.4 is 0 Å². The minimum absolute atomic E-state index is 0.235. The molecule has 2 aliphatic rings. The smallest absolute Gasteiger partial charge is 0.475 e. The summed E-state index contributed by atoms with van der Waals surface area (Å²) in [6.45, 7) is 7.25. The Morgan fingerprint density at radius 3 is 2.73 bits per heavy atom. The van der Waals surface area contributed by atoms with Crippen molar-refractivity contribution in [3.05, 3.63) is 21.9 Å². The van der Waals surface area contributed by atoms with E-state index in [4.69, 9.17) is 19.4 Å². The molecule has 0 spiro atoms. The lowest BCUT2D eigenvalue weighted by molar-refractivity contribution is -0.192. The molecule has 2 aliphatic heterocycles. The number of aliphatic carboxylic acids is 1. The number of piperidine rings is 1. The normalized spacial score (nSPS) is 26.1. The van der Waals surface area contributed by atoms with Crippen LogP contribution in [0.15, 0.2) is 12.1 Å². The summed E-state index contributed by atoms with van der Waals surface area (Å²) in [7, 11) is 1.81. The molecule has 0 saturated carbocycles. The number of rotatable bonds is 4. The first kappa shape index (κ1) is 21.1. The number of nitrogens with zero attached hydrogens (tertiary/aromatic N) is 1. The van der Waals surface area contributed by atoms with Crippen LogP contribution in [-0.2, 0) is 20.8 Å². The zero-order chi connectivity index (χ0) is 19.4. The second-order valence-corrected chi connectivity index (χ2v) is 8.09. The van der Waals surface area contributed by atoms with Crippen LogP contribution in [0.2, 0.25) is 0 Å². The predicted octanol–water partition coefficient (Wildman–Crippen LogP) is 3.32. The number of hydrogen-bond acceptors (Lipinski definition) is 5. The predicted molar refractivity (Wildman–Crippen MR) is 91.3 cm³/mol. The summed E-state index contributed by atoms with van der Waals surface area (Å²) in [5.74, 6) is -2.76. The van der Waals surface area contributed by atoms with E-state index in [0.717, 1.165) is 45.7 Å². The highest BCUT2D eigenvalue weighted by Crippen LogP contribution is 2.41. The van der Waals surface area contributed by atoms with Gasteiger partial charge in [0, 0.05) is 48.5 Å². The molecule has 2 saturated heterocycles. The Bertz CT molecular complexity index is 607. The van der Waals surface area contributed by atoms with Gasteiger partial charge in [-0.3, -0.25) is 4.90 Å². The summed E-state index contributed by atoms with van der Waals surface area (Å²) >= 11 is 1.91. The molecule has 3 rings (SSSR count). The molecular formula is C17H24F3NO4S. The van der Waals surface area contributed by atoms with Crippen LogP contribution in [0.5, 0.6) is 0 Å². The number of ether oxygens (including phenoxy) is 2. The molecule has 26 heavy (non-hydrogen) atoms. The minimum atomic E-state index is -5.08. The lowest BCUT2D eigenvalue weighted by Crippen LogP contribution is -2.51. The van der Waals surface area contributed by atoms with Crippen molar-refractivity contribution in [1.82, 2.24) is 4.90 Å². The van der Waals surface area contributed by atoms with Crippen LogP contribution in [0, 0.1) is 12.3 Å². The first-order valence-electron chi connectivity index (χ1n) is 8.34. The first-order valence-corrected chi connectivity index (χ1v) is 9.16. The van der Waals surface area contributed by atoms with Crippen LogP contribution in [-0.4, -0.2) is 61.7 Å². The maximum Gasteiger partial charge on any atom is 0.490 e. The van der Waals surface area contributed by atoms with Gasteiger partial charge in [0.05, 0.1) is 12.7 Å². The van der Waals surface area contributed by atoms with Gasteiger partial charge in [-0.15, -0.1) is 11.3 Å². The first-order chi connectivity index (χ1) is 12.2. The highest BCUT2D eigenvalue weighted by molar-refractivity contribution is 7.11. The Morgan fingerprint density at radius 1 is 1.50 bits per heavy atom. The summed E-state index contributed by atoms with van der Waals surface area (Å²) in [6, 6.07) is 4.48. The number of likely N-dealkylation sites (tertiary alicyclic amines) is 1. The van der Waals surface area contributed by atoms with Crippen LogP contribution in [0.3, 0.4) is 0 Å². The molecule has 2 atom stereocenters. The number of methoxy groups -OCH3 is 1. The average Bonchev–Trinajstić information content (AvgIpc) is 3.13. The van der Waals surface area contributed by atoms with E-state index in [2.05, 4.69) is 24.0 Å². The van der Waals surface area contributed by atoms with E-state index < -0.39 is 12.1 Å². The number of hydrogen-bond donors (Lipinski definition) is 1. The third-order valence-corrected chi connectivity index (χ3v) is 5.68. The number of aryl methyl sites for hydroxylation is 1. The summed E-state index contributed by atoms with van der Waals surface area (Å²) in [4.78, 5) is 14.4. The van der Waals surface area contributed by atoms with Gasteiger partial charge in [0.25, 0.3) is 0 Å². The molecule has 0 amide bonds. The van der Waals surface area contributed by atoms with Crippen molar-refractivity contribution < 1.29 is 32.5 Å². The van der Waals surface area contributed by atoms with E-state index in [1.54, 1.807) is 0 Å². The van der Waals surface area contributed by atoms with Gasteiger partial charge in [-0.2, -0.15) is 13.2 Å². The summed E-state index contributed by atoms with van der Waals surface area (Å²) in [5, 5.41) is 7.12. The molecule has 1 N–H and O–H groups in total. The molecule has 3 heterocycles.